The number of rotatable bonds is 12. The van der Waals surface area contributed by atoms with Gasteiger partial charge in [0.2, 0.25) is 23.6 Å². The van der Waals surface area contributed by atoms with E-state index in [1.807, 2.05) is 0 Å². The summed E-state index contributed by atoms with van der Waals surface area (Å²) in [5, 5.41) is 24.3. The predicted octanol–water partition coefficient (Wildman–Crippen LogP) is -4.42. The molecule has 0 saturated carbocycles. The number of aliphatic hydroxyl groups is 1. The van der Waals surface area contributed by atoms with Gasteiger partial charge in [-0.2, -0.15) is 25.3 Å². The SMILES string of the molecule is NC(=O)CC(NC(=O)C(N)CO)C(=O)NC(CS)C(=O)NC(CS)C(=O)O. The maximum absolute atomic E-state index is 12.3. The summed E-state index contributed by atoms with van der Waals surface area (Å²) in [6.07, 6.45) is -0.592. The number of aliphatic carboxylic acids is 1. The van der Waals surface area contributed by atoms with Gasteiger partial charge in [0.1, 0.15) is 24.2 Å². The van der Waals surface area contributed by atoms with Crippen molar-refractivity contribution in [1.29, 1.82) is 0 Å². The van der Waals surface area contributed by atoms with E-state index < -0.39 is 66.8 Å². The van der Waals surface area contributed by atoms with Gasteiger partial charge in [0.15, 0.2) is 0 Å². The zero-order chi connectivity index (χ0) is 21.1. The van der Waals surface area contributed by atoms with E-state index >= 15 is 0 Å². The van der Waals surface area contributed by atoms with E-state index in [-0.39, 0.29) is 11.5 Å². The number of aliphatic hydroxyl groups excluding tert-OH is 1. The van der Waals surface area contributed by atoms with Crippen LogP contribution in [0.5, 0.6) is 0 Å². The van der Waals surface area contributed by atoms with Crippen LogP contribution in [0, 0.1) is 0 Å². The lowest BCUT2D eigenvalue weighted by atomic mass is 10.1. The first-order valence-corrected chi connectivity index (χ1v) is 8.84. The van der Waals surface area contributed by atoms with Crippen LogP contribution in [0.2, 0.25) is 0 Å². The molecule has 0 aromatic heterocycles. The molecule has 0 aliphatic carbocycles. The van der Waals surface area contributed by atoms with E-state index in [9.17, 15) is 24.0 Å². The summed E-state index contributed by atoms with van der Waals surface area (Å²) in [4.78, 5) is 58.2. The number of carbonyl (C=O) groups excluding carboxylic acids is 4. The van der Waals surface area contributed by atoms with E-state index in [0.29, 0.717) is 0 Å². The van der Waals surface area contributed by atoms with Gasteiger partial charge in [-0.1, -0.05) is 0 Å². The Balaban J connectivity index is 5.13. The van der Waals surface area contributed by atoms with Crippen molar-refractivity contribution in [3.05, 3.63) is 0 Å². The van der Waals surface area contributed by atoms with E-state index in [1.54, 1.807) is 0 Å². The molecule has 0 aromatic rings. The van der Waals surface area contributed by atoms with Gasteiger partial charge in [0, 0.05) is 11.5 Å². The van der Waals surface area contributed by atoms with Crippen LogP contribution in [0.3, 0.4) is 0 Å². The standard InChI is InChI=1S/C13H23N5O7S2/c14-5(2-19)10(21)16-6(1-9(15)20)11(22)17-7(3-26)12(23)18-8(4-27)13(24)25/h5-8,19,26-27H,1-4,14H2,(H2,15,20)(H,16,21)(H,17,22)(H,18,23)(H,24,25). The highest BCUT2D eigenvalue weighted by Crippen LogP contribution is 1.98. The van der Waals surface area contributed by atoms with Crippen LogP contribution >= 0.6 is 25.3 Å². The van der Waals surface area contributed by atoms with Crippen molar-refractivity contribution in [2.75, 3.05) is 18.1 Å². The highest BCUT2D eigenvalue weighted by atomic mass is 32.1. The fourth-order valence-electron chi connectivity index (χ4n) is 1.70. The second kappa shape index (κ2) is 12.4. The first-order valence-electron chi connectivity index (χ1n) is 7.57. The molecule has 27 heavy (non-hydrogen) atoms. The van der Waals surface area contributed by atoms with Crippen LogP contribution in [0.1, 0.15) is 6.42 Å². The lowest BCUT2D eigenvalue weighted by molar-refractivity contribution is -0.141. The van der Waals surface area contributed by atoms with E-state index in [4.69, 9.17) is 21.7 Å². The molecule has 0 rings (SSSR count). The molecule has 154 valence electrons. The minimum Gasteiger partial charge on any atom is -0.480 e. The molecule has 14 heteroatoms. The van der Waals surface area contributed by atoms with Crippen molar-refractivity contribution in [3.63, 3.8) is 0 Å². The monoisotopic (exact) mass is 425 g/mol. The summed E-state index contributed by atoms with van der Waals surface area (Å²) >= 11 is 7.72. The number of hydrogen-bond donors (Lipinski definition) is 9. The quantitative estimate of drug-likeness (QED) is 0.139. The van der Waals surface area contributed by atoms with Gasteiger partial charge in [0.25, 0.3) is 0 Å². The van der Waals surface area contributed by atoms with Crippen LogP contribution in [0.4, 0.5) is 0 Å². The Bertz CT molecular complexity index is 577. The van der Waals surface area contributed by atoms with E-state index in [0.717, 1.165) is 0 Å². The molecule has 0 radical (unpaired) electrons. The van der Waals surface area contributed by atoms with Gasteiger partial charge < -0.3 is 37.6 Å². The van der Waals surface area contributed by atoms with Gasteiger partial charge in [-0.15, -0.1) is 0 Å². The summed E-state index contributed by atoms with van der Waals surface area (Å²) in [7, 11) is 0. The number of amides is 4. The van der Waals surface area contributed by atoms with Crippen LogP contribution in [0.25, 0.3) is 0 Å². The molecule has 0 heterocycles. The number of carbonyl (C=O) groups is 5. The topological polar surface area (TPSA) is 214 Å². The summed E-state index contributed by atoms with van der Waals surface area (Å²) in [6.45, 7) is -0.696. The molecule has 0 fully saturated rings. The average Bonchev–Trinajstić information content (AvgIpc) is 2.61. The average molecular weight is 425 g/mol. The van der Waals surface area contributed by atoms with Crippen LogP contribution in [-0.4, -0.2) is 82.1 Å². The predicted molar refractivity (Wildman–Crippen MR) is 100 cm³/mol. The smallest absolute Gasteiger partial charge is 0.327 e. The zero-order valence-corrected chi connectivity index (χ0v) is 15.9. The Morgan fingerprint density at radius 3 is 1.70 bits per heavy atom. The second-order valence-corrected chi connectivity index (χ2v) is 6.08. The maximum Gasteiger partial charge on any atom is 0.327 e. The van der Waals surface area contributed by atoms with Gasteiger partial charge >= 0.3 is 5.97 Å². The number of carboxylic acids is 1. The highest BCUT2D eigenvalue weighted by Gasteiger charge is 2.30. The first-order chi connectivity index (χ1) is 12.6. The molecule has 9 N–H and O–H groups in total. The lowest BCUT2D eigenvalue weighted by Gasteiger charge is -2.23. The van der Waals surface area contributed by atoms with Crippen molar-refractivity contribution >= 4 is 54.9 Å². The lowest BCUT2D eigenvalue weighted by Crippen LogP contribution is -2.58. The van der Waals surface area contributed by atoms with Crippen LogP contribution < -0.4 is 27.4 Å². The third kappa shape index (κ3) is 8.94. The molecule has 0 saturated heterocycles. The van der Waals surface area contributed by atoms with Crippen molar-refractivity contribution in [3.8, 4) is 0 Å². The van der Waals surface area contributed by atoms with Crippen molar-refractivity contribution in [2.24, 2.45) is 11.5 Å². The third-order valence-corrected chi connectivity index (χ3v) is 3.91. The zero-order valence-electron chi connectivity index (χ0n) is 14.1. The van der Waals surface area contributed by atoms with Crippen molar-refractivity contribution < 1.29 is 34.2 Å². The Kier molecular flexibility index (Phi) is 11.4. The minimum atomic E-state index is -1.46. The maximum atomic E-state index is 12.3. The molecule has 12 nitrogen and oxygen atoms in total. The summed E-state index contributed by atoms with van der Waals surface area (Å²) in [5.74, 6) is -5.33. The van der Waals surface area contributed by atoms with Gasteiger partial charge in [-0.05, 0) is 0 Å². The highest BCUT2D eigenvalue weighted by molar-refractivity contribution is 7.80. The summed E-state index contributed by atoms with van der Waals surface area (Å²) in [5.41, 5.74) is 10.4. The fraction of sp³-hybridized carbons (Fsp3) is 0.615. The number of nitrogens with two attached hydrogens (primary N) is 2. The van der Waals surface area contributed by atoms with Crippen LogP contribution in [0.15, 0.2) is 0 Å². The number of hydrogen-bond acceptors (Lipinski definition) is 9. The molecule has 0 aromatic carbocycles. The molecular weight excluding hydrogens is 402 g/mol. The van der Waals surface area contributed by atoms with Gasteiger partial charge in [-0.25, -0.2) is 4.79 Å². The fourth-order valence-corrected chi connectivity index (χ4v) is 2.20. The first kappa shape index (κ1) is 25.0. The van der Waals surface area contributed by atoms with Crippen molar-refractivity contribution in [1.82, 2.24) is 16.0 Å². The van der Waals surface area contributed by atoms with Crippen LogP contribution in [-0.2, 0) is 24.0 Å². The second-order valence-electron chi connectivity index (χ2n) is 5.35. The minimum absolute atomic E-state index is 0.187. The Morgan fingerprint density at radius 2 is 1.30 bits per heavy atom. The largest absolute Gasteiger partial charge is 0.480 e. The number of nitrogens with one attached hydrogen (secondary N) is 3. The summed E-state index contributed by atoms with van der Waals surface area (Å²) < 4.78 is 0. The Hall–Kier alpha value is -2.03. The molecule has 4 amide bonds. The van der Waals surface area contributed by atoms with Gasteiger partial charge in [0.05, 0.1) is 13.0 Å². The van der Waals surface area contributed by atoms with E-state index in [1.165, 1.54) is 0 Å². The van der Waals surface area contributed by atoms with Gasteiger partial charge in [-0.3, -0.25) is 19.2 Å². The normalized spacial score (nSPS) is 15.0. The summed E-state index contributed by atoms with van der Waals surface area (Å²) in [6, 6.07) is -5.34. The Labute approximate surface area is 165 Å². The molecule has 0 aliphatic rings. The molecule has 0 spiro atoms. The number of primary amides is 1. The molecule has 4 atom stereocenters. The number of thiol groups is 2. The van der Waals surface area contributed by atoms with E-state index in [2.05, 4.69) is 41.2 Å². The third-order valence-electron chi connectivity index (χ3n) is 3.18. The molecule has 0 aliphatic heterocycles. The molecular formula is C13H23N5O7S2. The molecule has 4 unspecified atom stereocenters. The molecule has 0 bridgehead atoms. The Morgan fingerprint density at radius 1 is 0.852 bits per heavy atom. The number of carboxylic acid groups (broad SMARTS) is 1. The van der Waals surface area contributed by atoms with Crippen molar-refractivity contribution in [2.45, 2.75) is 30.6 Å².